The van der Waals surface area contributed by atoms with Crippen LogP contribution in [0.1, 0.15) is 54.4 Å². The fourth-order valence-electron chi connectivity index (χ4n) is 6.91. The van der Waals surface area contributed by atoms with Gasteiger partial charge >= 0.3 is 0 Å². The lowest BCUT2D eigenvalue weighted by atomic mass is 9.64. The third kappa shape index (κ3) is 5.96. The summed E-state index contributed by atoms with van der Waals surface area (Å²) in [4.78, 5) is 5.92. The number of ether oxygens (including phenoxy) is 3. The molecule has 7 nitrogen and oxygen atoms in total. The normalized spacial score (nSPS) is 26.3. The Labute approximate surface area is 271 Å². The Morgan fingerprint density at radius 1 is 1.09 bits per heavy atom. The maximum atomic E-state index is 10.5. The molecule has 44 heavy (non-hydrogen) atoms. The fourth-order valence-corrected chi connectivity index (χ4v) is 8.99. The summed E-state index contributed by atoms with van der Waals surface area (Å²) in [6.07, 6.45) is 4.56. The summed E-state index contributed by atoms with van der Waals surface area (Å²) < 4.78 is 19.6. The van der Waals surface area contributed by atoms with Crippen LogP contribution < -0.4 is 19.5 Å². The van der Waals surface area contributed by atoms with E-state index in [2.05, 4.69) is 51.6 Å². The Bertz CT molecular complexity index is 1500. The van der Waals surface area contributed by atoms with Crippen LogP contribution in [0.25, 0.3) is 0 Å². The molecule has 2 N–H and O–H groups in total. The molecule has 0 aromatic heterocycles. The van der Waals surface area contributed by atoms with Crippen molar-refractivity contribution in [2.75, 3.05) is 20.3 Å². The molecule has 0 radical (unpaired) electrons. The minimum absolute atomic E-state index is 0.0500. The average molecular weight is 680 g/mol. The van der Waals surface area contributed by atoms with Gasteiger partial charge in [0.05, 0.1) is 31.5 Å². The first kappa shape index (κ1) is 30.0. The molecule has 0 amide bonds. The van der Waals surface area contributed by atoms with Gasteiger partial charge in [0.2, 0.25) is 0 Å². The standard InChI is InChI=1S/C35H39BrN2O5S/c1-40-28-11-9-24(10-12-28)21-44-31-15-26(38-42-20-22-5-3-2-4-6-22)14-30-35(31)16-27(18-39)37-17-25-13-29(41-19-23-7-8-23)33(36)34(43-30)32(25)35/h2-6,9-13,23,27,30-31,37,39H,7-8,14-21H2,1H3/b38-26-/t27-,30+,31+,35+/m0/s1. The molecule has 2 heterocycles. The van der Waals surface area contributed by atoms with Gasteiger partial charge in [-0.3, -0.25) is 0 Å². The van der Waals surface area contributed by atoms with Gasteiger partial charge in [-0.05, 0) is 76.0 Å². The van der Waals surface area contributed by atoms with Gasteiger partial charge in [-0.2, -0.15) is 11.8 Å². The maximum Gasteiger partial charge on any atom is 0.142 e. The second kappa shape index (κ2) is 12.9. The van der Waals surface area contributed by atoms with Gasteiger partial charge in [-0.1, -0.05) is 47.6 Å². The van der Waals surface area contributed by atoms with E-state index in [1.54, 1.807) is 7.11 Å². The van der Waals surface area contributed by atoms with Crippen LogP contribution in [0.4, 0.5) is 0 Å². The Morgan fingerprint density at radius 3 is 2.66 bits per heavy atom. The van der Waals surface area contributed by atoms with E-state index in [1.165, 1.54) is 29.5 Å². The highest BCUT2D eigenvalue weighted by Crippen LogP contribution is 2.61. The van der Waals surface area contributed by atoms with Gasteiger partial charge in [-0.15, -0.1) is 0 Å². The summed E-state index contributed by atoms with van der Waals surface area (Å²) in [5.41, 5.74) is 5.48. The summed E-state index contributed by atoms with van der Waals surface area (Å²) in [6, 6.07) is 20.6. The molecule has 9 heteroatoms. The zero-order valence-corrected chi connectivity index (χ0v) is 27.4. The molecular formula is C35H39BrN2O5S. The number of hydrogen-bond acceptors (Lipinski definition) is 8. The van der Waals surface area contributed by atoms with Crippen molar-refractivity contribution in [1.29, 1.82) is 0 Å². The van der Waals surface area contributed by atoms with E-state index in [-0.39, 0.29) is 29.4 Å². The molecule has 4 aliphatic rings. The van der Waals surface area contributed by atoms with E-state index in [9.17, 15) is 5.11 Å². The Balaban J connectivity index is 1.24. The number of benzene rings is 3. The van der Waals surface area contributed by atoms with E-state index in [4.69, 9.17) is 24.2 Å². The number of oxime groups is 1. The van der Waals surface area contributed by atoms with Crippen LogP contribution in [-0.4, -0.2) is 48.5 Å². The molecule has 0 bridgehead atoms. The SMILES string of the molecule is COc1ccc(CS[C@@H]2C/C(=N\OCc3ccccc3)C[C@H]3Oc4c(Br)c(OCC5CC5)cc5c4[C@]32C[C@@H](CO)NC5)cc1. The van der Waals surface area contributed by atoms with Crippen molar-refractivity contribution >= 4 is 33.4 Å². The third-order valence-electron chi connectivity index (χ3n) is 9.42. The molecule has 4 atom stereocenters. The number of aliphatic hydroxyl groups excluding tert-OH is 1. The van der Waals surface area contributed by atoms with Crippen molar-refractivity contribution in [3.8, 4) is 17.2 Å². The quantitative estimate of drug-likeness (QED) is 0.217. The summed E-state index contributed by atoms with van der Waals surface area (Å²) in [7, 11) is 1.69. The maximum absolute atomic E-state index is 10.5. The molecule has 0 saturated heterocycles. The lowest BCUT2D eigenvalue weighted by Crippen LogP contribution is -2.54. The summed E-state index contributed by atoms with van der Waals surface area (Å²) in [6.45, 7) is 1.89. The zero-order chi connectivity index (χ0) is 30.1. The van der Waals surface area contributed by atoms with Gasteiger partial charge in [0.15, 0.2) is 0 Å². The van der Waals surface area contributed by atoms with Gasteiger partial charge in [0, 0.05) is 42.0 Å². The smallest absolute Gasteiger partial charge is 0.142 e. The highest BCUT2D eigenvalue weighted by molar-refractivity contribution is 9.10. The Kier molecular flexibility index (Phi) is 8.82. The van der Waals surface area contributed by atoms with Crippen molar-refractivity contribution in [3.63, 3.8) is 0 Å². The minimum Gasteiger partial charge on any atom is -0.497 e. The second-order valence-electron chi connectivity index (χ2n) is 12.4. The molecule has 232 valence electrons. The summed E-state index contributed by atoms with van der Waals surface area (Å²) in [5, 5.41) is 19.0. The molecule has 0 unspecified atom stereocenters. The summed E-state index contributed by atoms with van der Waals surface area (Å²) >= 11 is 5.85. The molecular weight excluding hydrogens is 640 g/mol. The van der Waals surface area contributed by atoms with Crippen LogP contribution in [0, 0.1) is 5.92 Å². The monoisotopic (exact) mass is 678 g/mol. The number of rotatable bonds is 11. The van der Waals surface area contributed by atoms with Crippen molar-refractivity contribution in [1.82, 2.24) is 5.32 Å². The van der Waals surface area contributed by atoms with Crippen LogP contribution in [0.2, 0.25) is 0 Å². The zero-order valence-electron chi connectivity index (χ0n) is 25.0. The highest BCUT2D eigenvalue weighted by atomic mass is 79.9. The van der Waals surface area contributed by atoms with Crippen LogP contribution in [0.5, 0.6) is 17.2 Å². The lowest BCUT2D eigenvalue weighted by Gasteiger charge is -2.45. The van der Waals surface area contributed by atoms with Gasteiger partial charge in [0.1, 0.15) is 34.4 Å². The van der Waals surface area contributed by atoms with Crippen LogP contribution >= 0.6 is 27.7 Å². The van der Waals surface area contributed by atoms with Crippen molar-refractivity contribution in [3.05, 3.63) is 87.4 Å². The Hall–Kier alpha value is -2.72. The first-order valence-corrected chi connectivity index (χ1v) is 17.4. The summed E-state index contributed by atoms with van der Waals surface area (Å²) in [5.74, 6) is 4.07. The highest BCUT2D eigenvalue weighted by Gasteiger charge is 2.60. The molecule has 2 fully saturated rings. The molecule has 2 aliphatic carbocycles. The van der Waals surface area contributed by atoms with E-state index in [0.717, 1.165) is 58.2 Å². The number of halogens is 1. The first-order chi connectivity index (χ1) is 21.6. The molecule has 2 aliphatic heterocycles. The lowest BCUT2D eigenvalue weighted by molar-refractivity contribution is 0.101. The van der Waals surface area contributed by atoms with E-state index >= 15 is 0 Å². The van der Waals surface area contributed by atoms with Gasteiger partial charge < -0.3 is 29.5 Å². The van der Waals surface area contributed by atoms with Crippen molar-refractivity contribution in [2.45, 2.75) is 73.8 Å². The fraction of sp³-hybridized carbons (Fsp3) is 0.457. The van der Waals surface area contributed by atoms with Crippen molar-refractivity contribution < 1.29 is 24.2 Å². The third-order valence-corrected chi connectivity index (χ3v) is 11.7. The van der Waals surface area contributed by atoms with Crippen molar-refractivity contribution in [2.24, 2.45) is 11.1 Å². The number of hydrogen-bond donors (Lipinski definition) is 2. The molecule has 7 rings (SSSR count). The van der Waals surface area contributed by atoms with Crippen LogP contribution in [0.3, 0.4) is 0 Å². The predicted molar refractivity (Wildman–Crippen MR) is 177 cm³/mol. The second-order valence-corrected chi connectivity index (χ2v) is 14.4. The largest absolute Gasteiger partial charge is 0.497 e. The first-order valence-electron chi connectivity index (χ1n) is 15.5. The van der Waals surface area contributed by atoms with E-state index in [0.29, 0.717) is 25.5 Å². The van der Waals surface area contributed by atoms with Gasteiger partial charge in [-0.25, -0.2) is 0 Å². The minimum atomic E-state index is -0.311. The number of nitrogens with zero attached hydrogens (tertiary/aromatic N) is 1. The number of nitrogens with one attached hydrogen (secondary N) is 1. The average Bonchev–Trinajstić information content (AvgIpc) is 3.85. The molecule has 3 aromatic carbocycles. The molecule has 2 saturated carbocycles. The Morgan fingerprint density at radius 2 is 1.91 bits per heavy atom. The molecule has 1 spiro atoms. The van der Waals surface area contributed by atoms with E-state index < -0.39 is 0 Å². The molecule has 3 aromatic rings. The van der Waals surface area contributed by atoms with E-state index in [1.807, 2.05) is 42.1 Å². The topological polar surface area (TPSA) is 81.5 Å². The van der Waals surface area contributed by atoms with Gasteiger partial charge in [0.25, 0.3) is 0 Å². The van der Waals surface area contributed by atoms with Crippen LogP contribution in [-0.2, 0) is 29.2 Å². The number of thioether (sulfide) groups is 1. The number of methoxy groups -OCH3 is 1. The number of aliphatic hydroxyl groups is 1. The van der Waals surface area contributed by atoms with Crippen LogP contribution in [0.15, 0.2) is 70.3 Å². The predicted octanol–water partition coefficient (Wildman–Crippen LogP) is 6.77.